The molecule has 1 aliphatic heterocycles. The van der Waals surface area contributed by atoms with Crippen LogP contribution in [-0.4, -0.2) is 43.6 Å². The standard InChI is InChI=1S/C19H17N7O2S/c1-25-9-13(8-21-25)26-4-2-15-17(26)18(28-14-3-5-27-10-14)24-19(22-15)23-16-6-12(7-20)11-29-16/h2,4,6,8-9,11,14H,3,5,10H2,1H3,(H,22,23,24)/t14-/m0/s1. The number of aryl methyl sites for hydroxylation is 1. The Morgan fingerprint density at radius 3 is 3.07 bits per heavy atom. The molecule has 29 heavy (non-hydrogen) atoms. The van der Waals surface area contributed by atoms with Gasteiger partial charge in [0, 0.05) is 31.2 Å². The number of nitriles is 1. The molecule has 1 aliphatic rings. The molecule has 0 amide bonds. The number of thiophene rings is 1. The van der Waals surface area contributed by atoms with E-state index in [1.165, 1.54) is 11.3 Å². The van der Waals surface area contributed by atoms with Crippen LogP contribution < -0.4 is 10.1 Å². The van der Waals surface area contributed by atoms with Crippen LogP contribution in [0.5, 0.6) is 5.88 Å². The molecule has 0 saturated carbocycles. The summed E-state index contributed by atoms with van der Waals surface area (Å²) >= 11 is 1.43. The monoisotopic (exact) mass is 407 g/mol. The average molecular weight is 407 g/mol. The van der Waals surface area contributed by atoms with Crippen LogP contribution >= 0.6 is 11.3 Å². The van der Waals surface area contributed by atoms with Crippen molar-refractivity contribution < 1.29 is 9.47 Å². The molecule has 146 valence electrons. The Morgan fingerprint density at radius 1 is 1.41 bits per heavy atom. The molecule has 1 atom stereocenters. The minimum Gasteiger partial charge on any atom is -0.470 e. The Morgan fingerprint density at radius 2 is 2.34 bits per heavy atom. The van der Waals surface area contributed by atoms with Gasteiger partial charge in [0.1, 0.15) is 17.7 Å². The normalized spacial score (nSPS) is 16.2. The van der Waals surface area contributed by atoms with E-state index in [0.717, 1.165) is 28.1 Å². The largest absolute Gasteiger partial charge is 0.470 e. The molecule has 1 fully saturated rings. The van der Waals surface area contributed by atoms with Crippen molar-refractivity contribution in [3.05, 3.63) is 41.7 Å². The van der Waals surface area contributed by atoms with Crippen molar-refractivity contribution in [3.63, 3.8) is 0 Å². The highest BCUT2D eigenvalue weighted by molar-refractivity contribution is 7.14. The molecule has 0 aromatic carbocycles. The number of hydrogen-bond donors (Lipinski definition) is 1. The Balaban J connectivity index is 1.58. The second-order valence-electron chi connectivity index (χ2n) is 6.68. The molecule has 0 unspecified atom stereocenters. The van der Waals surface area contributed by atoms with Gasteiger partial charge < -0.3 is 19.4 Å². The van der Waals surface area contributed by atoms with Crippen molar-refractivity contribution in [1.82, 2.24) is 24.3 Å². The van der Waals surface area contributed by atoms with E-state index in [4.69, 9.17) is 14.7 Å². The van der Waals surface area contributed by atoms with Gasteiger partial charge in [0.05, 0.1) is 41.2 Å². The lowest BCUT2D eigenvalue weighted by Gasteiger charge is -2.14. The van der Waals surface area contributed by atoms with Crippen molar-refractivity contribution in [2.75, 3.05) is 18.5 Å². The zero-order valence-corrected chi connectivity index (χ0v) is 16.4. The zero-order chi connectivity index (χ0) is 19.8. The number of hydrogen-bond acceptors (Lipinski definition) is 8. The predicted octanol–water partition coefficient (Wildman–Crippen LogP) is 3.00. The third kappa shape index (κ3) is 3.41. The minimum atomic E-state index is -0.0508. The van der Waals surface area contributed by atoms with Gasteiger partial charge in [0.15, 0.2) is 0 Å². The summed E-state index contributed by atoms with van der Waals surface area (Å²) < 4.78 is 15.4. The zero-order valence-electron chi connectivity index (χ0n) is 15.6. The van der Waals surface area contributed by atoms with Crippen LogP contribution in [0.25, 0.3) is 16.7 Å². The first-order valence-corrected chi connectivity index (χ1v) is 9.96. The molecule has 4 aromatic rings. The first kappa shape index (κ1) is 17.7. The molecule has 1 saturated heterocycles. The van der Waals surface area contributed by atoms with E-state index in [1.807, 2.05) is 30.1 Å². The van der Waals surface area contributed by atoms with Gasteiger partial charge in [-0.05, 0) is 12.1 Å². The predicted molar refractivity (Wildman–Crippen MR) is 108 cm³/mol. The summed E-state index contributed by atoms with van der Waals surface area (Å²) in [7, 11) is 1.87. The summed E-state index contributed by atoms with van der Waals surface area (Å²) in [6.07, 6.45) is 6.40. The maximum absolute atomic E-state index is 9.03. The van der Waals surface area contributed by atoms with Crippen molar-refractivity contribution in [1.29, 1.82) is 5.26 Å². The van der Waals surface area contributed by atoms with Gasteiger partial charge in [0.2, 0.25) is 11.8 Å². The van der Waals surface area contributed by atoms with E-state index in [-0.39, 0.29) is 6.10 Å². The molecule has 0 aliphatic carbocycles. The maximum Gasteiger partial charge on any atom is 0.244 e. The van der Waals surface area contributed by atoms with E-state index in [0.29, 0.717) is 30.6 Å². The number of nitrogens with zero attached hydrogens (tertiary/aromatic N) is 6. The lowest BCUT2D eigenvalue weighted by atomic mass is 10.3. The van der Waals surface area contributed by atoms with E-state index in [2.05, 4.69) is 26.5 Å². The average Bonchev–Trinajstić information content (AvgIpc) is 3.48. The Hall–Kier alpha value is -3.42. The molecule has 5 rings (SSSR count). The van der Waals surface area contributed by atoms with Crippen molar-refractivity contribution in [3.8, 4) is 17.6 Å². The molecular weight excluding hydrogens is 390 g/mol. The number of anilines is 2. The van der Waals surface area contributed by atoms with Gasteiger partial charge >= 0.3 is 0 Å². The van der Waals surface area contributed by atoms with E-state index in [1.54, 1.807) is 22.3 Å². The third-order valence-electron chi connectivity index (χ3n) is 4.60. The quantitative estimate of drug-likeness (QED) is 0.542. The lowest BCUT2D eigenvalue weighted by Crippen LogP contribution is -2.17. The summed E-state index contributed by atoms with van der Waals surface area (Å²) in [6.45, 7) is 1.22. The summed E-state index contributed by atoms with van der Waals surface area (Å²) in [5.74, 6) is 0.903. The fourth-order valence-electron chi connectivity index (χ4n) is 3.23. The Bertz CT molecular complexity index is 1210. The highest BCUT2D eigenvalue weighted by Gasteiger charge is 2.22. The lowest BCUT2D eigenvalue weighted by molar-refractivity contribution is 0.139. The highest BCUT2D eigenvalue weighted by Crippen LogP contribution is 2.31. The summed E-state index contributed by atoms with van der Waals surface area (Å²) in [5, 5.41) is 19.0. The smallest absolute Gasteiger partial charge is 0.244 e. The van der Waals surface area contributed by atoms with Gasteiger partial charge in [-0.1, -0.05) is 0 Å². The van der Waals surface area contributed by atoms with Crippen LogP contribution in [-0.2, 0) is 11.8 Å². The van der Waals surface area contributed by atoms with Crippen LogP contribution in [0.3, 0.4) is 0 Å². The minimum absolute atomic E-state index is 0.0508. The number of aromatic nitrogens is 5. The Labute approximate surface area is 170 Å². The second-order valence-corrected chi connectivity index (χ2v) is 7.60. The number of ether oxygens (including phenoxy) is 2. The van der Waals surface area contributed by atoms with E-state index < -0.39 is 0 Å². The fourth-order valence-corrected chi connectivity index (χ4v) is 3.95. The Kier molecular flexibility index (Phi) is 4.38. The van der Waals surface area contributed by atoms with Gasteiger partial charge in [-0.25, -0.2) is 4.98 Å². The van der Waals surface area contributed by atoms with Crippen molar-refractivity contribution in [2.24, 2.45) is 7.05 Å². The molecule has 0 spiro atoms. The molecule has 0 radical (unpaired) electrons. The van der Waals surface area contributed by atoms with Gasteiger partial charge in [-0.3, -0.25) is 4.68 Å². The molecule has 5 heterocycles. The maximum atomic E-state index is 9.03. The molecule has 10 heteroatoms. The molecular formula is C19H17N7O2S. The van der Waals surface area contributed by atoms with Gasteiger partial charge in [-0.15, -0.1) is 11.3 Å². The van der Waals surface area contributed by atoms with Crippen LogP contribution in [0.4, 0.5) is 10.9 Å². The third-order valence-corrected chi connectivity index (χ3v) is 5.45. The molecule has 9 nitrogen and oxygen atoms in total. The topological polar surface area (TPSA) is 103 Å². The SMILES string of the molecule is Cn1cc(-n2ccc3nc(Nc4cc(C#N)cs4)nc(O[C@H]4CCOC4)c32)cn1. The molecule has 0 bridgehead atoms. The van der Waals surface area contributed by atoms with Gasteiger partial charge in [-0.2, -0.15) is 15.3 Å². The summed E-state index contributed by atoms with van der Waals surface area (Å²) in [4.78, 5) is 9.27. The summed E-state index contributed by atoms with van der Waals surface area (Å²) in [6, 6.07) is 5.81. The first-order valence-electron chi connectivity index (χ1n) is 9.08. The highest BCUT2D eigenvalue weighted by atomic mass is 32.1. The van der Waals surface area contributed by atoms with Crippen LogP contribution in [0.2, 0.25) is 0 Å². The van der Waals surface area contributed by atoms with Crippen molar-refractivity contribution in [2.45, 2.75) is 12.5 Å². The molecule has 4 aromatic heterocycles. The van der Waals surface area contributed by atoms with Crippen LogP contribution in [0, 0.1) is 11.3 Å². The van der Waals surface area contributed by atoms with Gasteiger partial charge in [0.25, 0.3) is 0 Å². The molecule has 1 N–H and O–H groups in total. The number of fused-ring (bicyclic) bond motifs is 1. The van der Waals surface area contributed by atoms with E-state index in [9.17, 15) is 0 Å². The van der Waals surface area contributed by atoms with Crippen LogP contribution in [0.15, 0.2) is 36.1 Å². The fraction of sp³-hybridized carbons (Fsp3) is 0.263. The van der Waals surface area contributed by atoms with E-state index >= 15 is 0 Å². The second kappa shape index (κ2) is 7.20. The number of nitrogens with one attached hydrogen (secondary N) is 1. The number of rotatable bonds is 5. The van der Waals surface area contributed by atoms with Crippen LogP contribution in [0.1, 0.15) is 12.0 Å². The van der Waals surface area contributed by atoms with Crippen molar-refractivity contribution >= 4 is 33.3 Å². The first-order chi connectivity index (χ1) is 14.2. The summed E-state index contributed by atoms with van der Waals surface area (Å²) in [5.41, 5.74) is 3.02.